The second-order valence-corrected chi connectivity index (χ2v) is 2.31. The lowest BCUT2D eigenvalue weighted by molar-refractivity contribution is 0.331. The minimum Gasteiger partial charge on any atom is -0.316 e. The van der Waals surface area contributed by atoms with Crippen LogP contribution in [0.4, 0.5) is 0 Å². The minimum absolute atomic E-state index is 0.138. The quantitative estimate of drug-likeness (QED) is 0.392. The number of rotatable bonds is 0. The van der Waals surface area contributed by atoms with Gasteiger partial charge in [0, 0.05) is 0 Å². The summed E-state index contributed by atoms with van der Waals surface area (Å²) < 4.78 is 0. The zero-order valence-electron chi connectivity index (χ0n) is 4.93. The predicted octanol–water partition coefficient (Wildman–Crippen LogP) is -0.671. The molecule has 1 heterocycles. The maximum atomic E-state index is 5.53. The lowest BCUT2D eigenvalue weighted by Crippen LogP contribution is -2.51. The van der Waals surface area contributed by atoms with E-state index in [1.54, 1.807) is 0 Å². The summed E-state index contributed by atoms with van der Waals surface area (Å²) in [4.78, 5) is 0. The topological polar surface area (TPSA) is 64.1 Å². The fraction of sp³-hybridized carbons (Fsp3) is 1.00. The third-order valence-corrected chi connectivity index (χ3v) is 1.46. The van der Waals surface area contributed by atoms with Crippen LogP contribution in [0.15, 0.2) is 0 Å². The fourth-order valence-corrected chi connectivity index (χ4v) is 0.999. The van der Waals surface area contributed by atoms with E-state index in [2.05, 4.69) is 5.32 Å². The molecule has 0 spiro atoms. The molecule has 0 bridgehead atoms. The molecule has 3 heteroatoms. The van der Waals surface area contributed by atoms with Gasteiger partial charge in [0.15, 0.2) is 0 Å². The Labute approximate surface area is 49.4 Å². The van der Waals surface area contributed by atoms with Gasteiger partial charge in [-0.15, -0.1) is 0 Å². The van der Waals surface area contributed by atoms with Gasteiger partial charge in [0.25, 0.3) is 0 Å². The van der Waals surface area contributed by atoms with Crippen molar-refractivity contribution in [1.82, 2.24) is 5.32 Å². The van der Waals surface area contributed by atoms with E-state index in [0.717, 1.165) is 19.3 Å². The molecule has 0 saturated carbocycles. The Morgan fingerprint density at radius 1 is 1.12 bits per heavy atom. The van der Waals surface area contributed by atoms with Crippen molar-refractivity contribution in [3.05, 3.63) is 0 Å². The monoisotopic (exact) mass is 115 g/mol. The number of nitrogens with one attached hydrogen (secondary N) is 1. The smallest absolute Gasteiger partial charge is 0.0558 e. The van der Waals surface area contributed by atoms with Crippen molar-refractivity contribution in [1.29, 1.82) is 0 Å². The van der Waals surface area contributed by atoms with Gasteiger partial charge in [-0.1, -0.05) is 0 Å². The van der Waals surface area contributed by atoms with E-state index in [4.69, 9.17) is 11.5 Å². The Kier molecular flexibility index (Phi) is 1.83. The van der Waals surface area contributed by atoms with Gasteiger partial charge in [-0.05, 0) is 19.3 Å². The maximum absolute atomic E-state index is 5.53. The fourth-order valence-electron chi connectivity index (χ4n) is 0.999. The van der Waals surface area contributed by atoms with Crippen LogP contribution in [0, 0.1) is 0 Å². The van der Waals surface area contributed by atoms with Gasteiger partial charge >= 0.3 is 0 Å². The van der Waals surface area contributed by atoms with Gasteiger partial charge in [-0.2, -0.15) is 0 Å². The second-order valence-electron chi connectivity index (χ2n) is 2.31. The first kappa shape index (κ1) is 6.01. The average molecular weight is 115 g/mol. The van der Waals surface area contributed by atoms with Crippen molar-refractivity contribution in [3.8, 4) is 0 Å². The molecular formula is C5H13N3. The van der Waals surface area contributed by atoms with Crippen molar-refractivity contribution in [2.45, 2.75) is 31.6 Å². The summed E-state index contributed by atoms with van der Waals surface area (Å²) >= 11 is 0. The van der Waals surface area contributed by atoms with Crippen molar-refractivity contribution < 1.29 is 0 Å². The third kappa shape index (κ3) is 1.43. The molecule has 1 saturated heterocycles. The molecule has 0 radical (unpaired) electrons. The van der Waals surface area contributed by atoms with Crippen molar-refractivity contribution >= 4 is 0 Å². The highest BCUT2D eigenvalue weighted by Gasteiger charge is 2.12. The first-order valence-corrected chi connectivity index (χ1v) is 3.06. The molecule has 0 aromatic carbocycles. The highest BCUT2D eigenvalue weighted by atomic mass is 15.1. The Hall–Kier alpha value is -0.120. The van der Waals surface area contributed by atoms with E-state index in [0.29, 0.717) is 0 Å². The maximum Gasteiger partial charge on any atom is 0.0558 e. The molecule has 48 valence electrons. The van der Waals surface area contributed by atoms with Crippen molar-refractivity contribution in [2.24, 2.45) is 11.5 Å². The van der Waals surface area contributed by atoms with Crippen LogP contribution >= 0.6 is 0 Å². The predicted molar refractivity (Wildman–Crippen MR) is 32.9 cm³/mol. The van der Waals surface area contributed by atoms with Gasteiger partial charge in [0.1, 0.15) is 0 Å². The summed E-state index contributed by atoms with van der Waals surface area (Å²) in [7, 11) is 0. The first-order chi connectivity index (χ1) is 3.79. The summed E-state index contributed by atoms with van der Waals surface area (Å²) in [5, 5.41) is 3.03. The van der Waals surface area contributed by atoms with Crippen molar-refractivity contribution in [2.75, 3.05) is 0 Å². The summed E-state index contributed by atoms with van der Waals surface area (Å²) in [5.41, 5.74) is 11.1. The summed E-state index contributed by atoms with van der Waals surface area (Å²) in [6.07, 6.45) is 3.56. The number of nitrogens with two attached hydrogens (primary N) is 2. The van der Waals surface area contributed by atoms with E-state index in [1.807, 2.05) is 0 Å². The van der Waals surface area contributed by atoms with E-state index in [9.17, 15) is 0 Å². The van der Waals surface area contributed by atoms with Gasteiger partial charge in [-0.25, -0.2) is 0 Å². The van der Waals surface area contributed by atoms with Gasteiger partial charge in [-0.3, -0.25) is 5.32 Å². The molecule has 0 aliphatic carbocycles. The van der Waals surface area contributed by atoms with Crippen LogP contribution in [0.2, 0.25) is 0 Å². The Morgan fingerprint density at radius 2 is 1.62 bits per heavy atom. The zero-order chi connectivity index (χ0) is 5.98. The number of hydrogen-bond donors (Lipinski definition) is 3. The van der Waals surface area contributed by atoms with E-state index in [-0.39, 0.29) is 12.3 Å². The molecule has 5 N–H and O–H groups in total. The molecule has 1 fully saturated rings. The Balaban J connectivity index is 2.23. The van der Waals surface area contributed by atoms with Crippen LogP contribution in [0.5, 0.6) is 0 Å². The van der Waals surface area contributed by atoms with Crippen LogP contribution in [-0.4, -0.2) is 12.3 Å². The normalized spacial score (nSPS) is 39.8. The van der Waals surface area contributed by atoms with Gasteiger partial charge in [0.2, 0.25) is 0 Å². The third-order valence-electron chi connectivity index (χ3n) is 1.46. The zero-order valence-corrected chi connectivity index (χ0v) is 4.93. The van der Waals surface area contributed by atoms with E-state index >= 15 is 0 Å². The number of hydrogen-bond acceptors (Lipinski definition) is 3. The minimum atomic E-state index is 0.138. The molecule has 3 nitrogen and oxygen atoms in total. The Bertz CT molecular complexity index is 66.1. The van der Waals surface area contributed by atoms with Gasteiger partial charge in [0.05, 0.1) is 12.3 Å². The molecular weight excluding hydrogens is 102 g/mol. The molecule has 0 aromatic rings. The average Bonchev–Trinajstić information content (AvgIpc) is 1.64. The largest absolute Gasteiger partial charge is 0.316 e. The van der Waals surface area contributed by atoms with Crippen molar-refractivity contribution in [3.63, 3.8) is 0 Å². The van der Waals surface area contributed by atoms with Crippen LogP contribution in [0.25, 0.3) is 0 Å². The lowest BCUT2D eigenvalue weighted by atomic mass is 10.1. The lowest BCUT2D eigenvalue weighted by Gasteiger charge is -2.24. The molecule has 2 unspecified atom stereocenters. The van der Waals surface area contributed by atoms with E-state index < -0.39 is 0 Å². The van der Waals surface area contributed by atoms with E-state index in [1.165, 1.54) is 0 Å². The molecule has 8 heavy (non-hydrogen) atoms. The van der Waals surface area contributed by atoms with Crippen LogP contribution < -0.4 is 16.8 Å². The van der Waals surface area contributed by atoms with Crippen LogP contribution in [0.3, 0.4) is 0 Å². The van der Waals surface area contributed by atoms with Crippen LogP contribution in [0.1, 0.15) is 19.3 Å². The Morgan fingerprint density at radius 3 is 1.88 bits per heavy atom. The second kappa shape index (κ2) is 2.44. The molecule has 0 amide bonds. The molecule has 1 rings (SSSR count). The summed E-state index contributed by atoms with van der Waals surface area (Å²) in [5.74, 6) is 0. The summed E-state index contributed by atoms with van der Waals surface area (Å²) in [6.45, 7) is 0. The highest BCUT2D eigenvalue weighted by Crippen LogP contribution is 2.04. The van der Waals surface area contributed by atoms with Gasteiger partial charge < -0.3 is 11.5 Å². The summed E-state index contributed by atoms with van der Waals surface area (Å²) in [6, 6.07) is 0. The molecule has 1 aliphatic heterocycles. The molecule has 0 aromatic heterocycles. The SMILES string of the molecule is NC1CCCC(N)N1. The molecule has 1 aliphatic rings. The first-order valence-electron chi connectivity index (χ1n) is 3.06. The standard InChI is InChI=1S/C5H13N3/c6-4-2-1-3-5(7)8-4/h4-5,8H,1-3,6-7H2. The number of piperidine rings is 1. The highest BCUT2D eigenvalue weighted by molar-refractivity contribution is 4.71. The van der Waals surface area contributed by atoms with Crippen LogP contribution in [-0.2, 0) is 0 Å². The molecule has 2 atom stereocenters.